The number of rotatable bonds is 7. The molecule has 5 heteroatoms. The van der Waals surface area contributed by atoms with Gasteiger partial charge in [-0.05, 0) is 39.1 Å². The van der Waals surface area contributed by atoms with Crippen molar-refractivity contribution in [1.29, 1.82) is 0 Å². The van der Waals surface area contributed by atoms with Crippen LogP contribution >= 0.6 is 0 Å². The van der Waals surface area contributed by atoms with Crippen molar-refractivity contribution in [3.63, 3.8) is 0 Å². The number of ether oxygens (including phenoxy) is 1. The van der Waals surface area contributed by atoms with Gasteiger partial charge in [-0.15, -0.1) is 0 Å². The molecular weight excluding hydrogens is 278 g/mol. The van der Waals surface area contributed by atoms with Gasteiger partial charge in [0.05, 0.1) is 12.2 Å². The lowest BCUT2D eigenvalue weighted by molar-refractivity contribution is 0.0945. The molecule has 1 heterocycles. The summed E-state index contributed by atoms with van der Waals surface area (Å²) in [6, 6.07) is 7.39. The Balaban J connectivity index is 1.72. The predicted molar refractivity (Wildman–Crippen MR) is 88.5 cm³/mol. The Labute approximate surface area is 133 Å². The summed E-state index contributed by atoms with van der Waals surface area (Å²) >= 11 is 0. The molecule has 1 N–H and O–H groups in total. The zero-order valence-corrected chi connectivity index (χ0v) is 13.7. The molecule has 2 rings (SSSR count). The van der Waals surface area contributed by atoms with Crippen molar-refractivity contribution >= 4 is 5.91 Å². The number of amides is 1. The van der Waals surface area contributed by atoms with E-state index < -0.39 is 0 Å². The first kappa shape index (κ1) is 16.8. The molecule has 1 saturated heterocycles. The summed E-state index contributed by atoms with van der Waals surface area (Å²) in [6.45, 7) is 8.74. The summed E-state index contributed by atoms with van der Waals surface area (Å²) in [5.74, 6) is 0.601. The maximum absolute atomic E-state index is 12.2. The molecule has 122 valence electrons. The van der Waals surface area contributed by atoms with Gasteiger partial charge < -0.3 is 19.9 Å². The Morgan fingerprint density at radius 2 is 1.95 bits per heavy atom. The molecule has 0 saturated carbocycles. The third-order valence-corrected chi connectivity index (χ3v) is 3.96. The minimum Gasteiger partial charge on any atom is -0.493 e. The molecule has 1 aliphatic rings. The highest BCUT2D eigenvalue weighted by Gasteiger charge is 2.14. The SMILES string of the molecule is CCOc1ccccc1C(=O)NCCCN1CCN(C)CC1. The molecular formula is C17H27N3O2. The van der Waals surface area contributed by atoms with E-state index in [2.05, 4.69) is 22.2 Å². The number of para-hydroxylation sites is 1. The van der Waals surface area contributed by atoms with Crippen molar-refractivity contribution in [3.8, 4) is 5.75 Å². The molecule has 0 aliphatic carbocycles. The molecule has 22 heavy (non-hydrogen) atoms. The summed E-state index contributed by atoms with van der Waals surface area (Å²) in [6.07, 6.45) is 0.978. The van der Waals surface area contributed by atoms with Crippen molar-refractivity contribution in [2.24, 2.45) is 0 Å². The Morgan fingerprint density at radius 3 is 2.68 bits per heavy atom. The number of carbonyl (C=O) groups excluding carboxylic acids is 1. The Hall–Kier alpha value is -1.59. The second-order valence-electron chi connectivity index (χ2n) is 5.68. The number of hydrogen-bond donors (Lipinski definition) is 1. The van der Waals surface area contributed by atoms with E-state index in [9.17, 15) is 4.79 Å². The lowest BCUT2D eigenvalue weighted by Crippen LogP contribution is -2.45. The summed E-state index contributed by atoms with van der Waals surface area (Å²) in [7, 11) is 2.16. The summed E-state index contributed by atoms with van der Waals surface area (Å²) < 4.78 is 5.50. The highest BCUT2D eigenvalue weighted by atomic mass is 16.5. The van der Waals surface area contributed by atoms with Gasteiger partial charge in [0.25, 0.3) is 5.91 Å². The van der Waals surface area contributed by atoms with Crippen LogP contribution < -0.4 is 10.1 Å². The largest absolute Gasteiger partial charge is 0.493 e. The second kappa shape index (κ2) is 8.76. The van der Waals surface area contributed by atoms with Crippen molar-refractivity contribution in [2.75, 3.05) is 52.9 Å². The van der Waals surface area contributed by atoms with E-state index in [1.54, 1.807) is 6.07 Å². The number of likely N-dealkylation sites (N-methyl/N-ethyl adjacent to an activating group) is 1. The van der Waals surface area contributed by atoms with Crippen LogP contribution in [0.25, 0.3) is 0 Å². The van der Waals surface area contributed by atoms with Crippen molar-refractivity contribution in [3.05, 3.63) is 29.8 Å². The van der Waals surface area contributed by atoms with Crippen molar-refractivity contribution < 1.29 is 9.53 Å². The molecule has 0 unspecified atom stereocenters. The molecule has 1 aromatic rings. The number of carbonyl (C=O) groups is 1. The van der Waals surface area contributed by atoms with Gasteiger partial charge >= 0.3 is 0 Å². The van der Waals surface area contributed by atoms with Gasteiger partial charge in [0.2, 0.25) is 0 Å². The predicted octanol–water partition coefficient (Wildman–Crippen LogP) is 1.45. The van der Waals surface area contributed by atoms with Crippen LogP contribution in [0.1, 0.15) is 23.7 Å². The highest BCUT2D eigenvalue weighted by molar-refractivity contribution is 5.96. The van der Waals surface area contributed by atoms with Gasteiger partial charge in [-0.3, -0.25) is 4.79 Å². The first-order valence-corrected chi connectivity index (χ1v) is 8.11. The fraction of sp³-hybridized carbons (Fsp3) is 0.588. The normalized spacial score (nSPS) is 16.5. The minimum atomic E-state index is -0.0533. The van der Waals surface area contributed by atoms with E-state index >= 15 is 0 Å². The maximum atomic E-state index is 12.2. The van der Waals surface area contributed by atoms with E-state index in [1.165, 1.54) is 0 Å². The first-order chi connectivity index (χ1) is 10.7. The Kier molecular flexibility index (Phi) is 6.68. The van der Waals surface area contributed by atoms with Crippen LogP contribution in [0.2, 0.25) is 0 Å². The van der Waals surface area contributed by atoms with Crippen molar-refractivity contribution in [1.82, 2.24) is 15.1 Å². The van der Waals surface area contributed by atoms with Crippen LogP contribution in [-0.2, 0) is 0 Å². The zero-order chi connectivity index (χ0) is 15.8. The summed E-state index contributed by atoms with van der Waals surface area (Å²) in [5.41, 5.74) is 0.615. The number of nitrogens with zero attached hydrogens (tertiary/aromatic N) is 2. The molecule has 1 fully saturated rings. The van der Waals surface area contributed by atoms with Gasteiger partial charge in [0, 0.05) is 32.7 Å². The molecule has 1 aromatic carbocycles. The smallest absolute Gasteiger partial charge is 0.255 e. The third kappa shape index (κ3) is 5.00. The molecule has 0 radical (unpaired) electrons. The number of hydrogen-bond acceptors (Lipinski definition) is 4. The average molecular weight is 305 g/mol. The lowest BCUT2D eigenvalue weighted by Gasteiger charge is -2.32. The summed E-state index contributed by atoms with van der Waals surface area (Å²) in [4.78, 5) is 17.0. The highest BCUT2D eigenvalue weighted by Crippen LogP contribution is 2.17. The van der Waals surface area contributed by atoms with Gasteiger partial charge in [-0.1, -0.05) is 12.1 Å². The standard InChI is InChI=1S/C17H27N3O2/c1-3-22-16-8-5-4-7-15(16)17(21)18-9-6-10-20-13-11-19(2)12-14-20/h4-5,7-8H,3,6,9-14H2,1-2H3,(H,18,21). The van der Waals surface area contributed by atoms with Gasteiger partial charge in [-0.2, -0.15) is 0 Å². The fourth-order valence-electron chi connectivity index (χ4n) is 2.61. The Morgan fingerprint density at radius 1 is 1.23 bits per heavy atom. The average Bonchev–Trinajstić information content (AvgIpc) is 2.54. The van der Waals surface area contributed by atoms with Crippen LogP contribution in [0.15, 0.2) is 24.3 Å². The number of benzene rings is 1. The topological polar surface area (TPSA) is 44.8 Å². The fourth-order valence-corrected chi connectivity index (χ4v) is 2.61. The van der Waals surface area contributed by atoms with Crippen LogP contribution in [0, 0.1) is 0 Å². The van der Waals surface area contributed by atoms with Gasteiger partial charge in [0.1, 0.15) is 5.75 Å². The third-order valence-electron chi connectivity index (χ3n) is 3.96. The van der Waals surface area contributed by atoms with E-state index in [4.69, 9.17) is 4.74 Å². The van der Waals surface area contributed by atoms with Crippen molar-refractivity contribution in [2.45, 2.75) is 13.3 Å². The quantitative estimate of drug-likeness (QED) is 0.775. The van der Waals surface area contributed by atoms with E-state index in [0.717, 1.165) is 39.1 Å². The van der Waals surface area contributed by atoms with Crippen LogP contribution in [0.3, 0.4) is 0 Å². The molecule has 0 spiro atoms. The number of nitrogens with one attached hydrogen (secondary N) is 1. The first-order valence-electron chi connectivity index (χ1n) is 8.11. The minimum absolute atomic E-state index is 0.0533. The summed E-state index contributed by atoms with van der Waals surface area (Å²) in [5, 5.41) is 2.99. The second-order valence-corrected chi connectivity index (χ2v) is 5.68. The van der Waals surface area contributed by atoms with E-state index in [1.807, 2.05) is 25.1 Å². The molecule has 5 nitrogen and oxygen atoms in total. The molecule has 0 atom stereocenters. The maximum Gasteiger partial charge on any atom is 0.255 e. The Bertz CT molecular complexity index is 471. The molecule has 0 bridgehead atoms. The van der Waals surface area contributed by atoms with E-state index in [-0.39, 0.29) is 5.91 Å². The lowest BCUT2D eigenvalue weighted by atomic mass is 10.2. The number of piperazine rings is 1. The molecule has 1 aliphatic heterocycles. The van der Waals surface area contributed by atoms with E-state index in [0.29, 0.717) is 24.5 Å². The zero-order valence-electron chi connectivity index (χ0n) is 13.7. The van der Waals surface area contributed by atoms with Gasteiger partial charge in [-0.25, -0.2) is 0 Å². The van der Waals surface area contributed by atoms with Crippen LogP contribution in [0.4, 0.5) is 0 Å². The molecule has 0 aromatic heterocycles. The van der Waals surface area contributed by atoms with Crippen LogP contribution in [0.5, 0.6) is 5.75 Å². The van der Waals surface area contributed by atoms with Gasteiger partial charge in [0.15, 0.2) is 0 Å². The monoisotopic (exact) mass is 305 g/mol. The van der Waals surface area contributed by atoms with Crippen LogP contribution in [-0.4, -0.2) is 68.6 Å². The molecule has 1 amide bonds.